The second-order valence-electron chi connectivity index (χ2n) is 12.5. The molecule has 5 nitrogen and oxygen atoms in total. The molecule has 0 amide bonds. The first-order valence-corrected chi connectivity index (χ1v) is 13.1. The van der Waals surface area contributed by atoms with Gasteiger partial charge in [0.1, 0.15) is 12.1 Å². The normalized spacial score (nSPS) is 55.6. The molecule has 5 heteroatoms. The van der Waals surface area contributed by atoms with Crippen molar-refractivity contribution in [2.45, 2.75) is 103 Å². The zero-order valence-corrected chi connectivity index (χ0v) is 20.3. The quantitative estimate of drug-likeness (QED) is 0.644. The summed E-state index contributed by atoms with van der Waals surface area (Å²) in [4.78, 5) is 25.9. The number of fused-ring (bicyclic) bond motifs is 2. The summed E-state index contributed by atoms with van der Waals surface area (Å²) in [5, 5.41) is 10.2. The van der Waals surface area contributed by atoms with E-state index in [1.54, 1.807) is 0 Å². The van der Waals surface area contributed by atoms with Crippen LogP contribution in [0.1, 0.15) is 85.5 Å². The van der Waals surface area contributed by atoms with Gasteiger partial charge in [-0.15, -0.1) is 0 Å². The number of ether oxygens (including phenoxy) is 2. The fourth-order valence-electron chi connectivity index (χ4n) is 8.88. The van der Waals surface area contributed by atoms with Crippen LogP contribution in [0.5, 0.6) is 0 Å². The second kappa shape index (κ2) is 7.88. The van der Waals surface area contributed by atoms with E-state index in [1.807, 2.05) is 0 Å². The van der Waals surface area contributed by atoms with Gasteiger partial charge in [-0.05, 0) is 74.0 Å². The maximum Gasteiger partial charge on any atom is 0.171 e. The maximum atomic E-state index is 14.0. The zero-order valence-electron chi connectivity index (χ0n) is 20.3. The summed E-state index contributed by atoms with van der Waals surface area (Å²) in [6, 6.07) is 0. The maximum absolute atomic E-state index is 14.0. The smallest absolute Gasteiger partial charge is 0.171 e. The van der Waals surface area contributed by atoms with E-state index in [1.165, 1.54) is 0 Å². The highest BCUT2D eigenvalue weighted by atomic mass is 16.7. The highest BCUT2D eigenvalue weighted by molar-refractivity contribution is 5.88. The van der Waals surface area contributed by atoms with Crippen molar-refractivity contribution in [2.75, 3.05) is 6.61 Å². The first-order valence-electron chi connectivity index (χ1n) is 13.1. The number of carbonyl (C=O) groups is 2. The van der Waals surface area contributed by atoms with Gasteiger partial charge in [-0.25, -0.2) is 0 Å². The minimum atomic E-state index is -0.510. The number of rotatable bonds is 3. The lowest BCUT2D eigenvalue weighted by molar-refractivity contribution is -0.271. The van der Waals surface area contributed by atoms with Crippen molar-refractivity contribution < 1.29 is 24.2 Å². The van der Waals surface area contributed by atoms with Crippen molar-refractivity contribution in [1.82, 2.24) is 0 Å². The Morgan fingerprint density at radius 3 is 2.56 bits per heavy atom. The molecule has 1 N–H and O–H groups in total. The van der Waals surface area contributed by atoms with Crippen molar-refractivity contribution in [3.05, 3.63) is 0 Å². The van der Waals surface area contributed by atoms with Gasteiger partial charge < -0.3 is 19.4 Å². The van der Waals surface area contributed by atoms with Crippen molar-refractivity contribution in [1.29, 1.82) is 0 Å². The highest BCUT2D eigenvalue weighted by Crippen LogP contribution is 2.65. The minimum absolute atomic E-state index is 0.00101. The molecule has 0 unspecified atom stereocenters. The molecule has 0 radical (unpaired) electrons. The Morgan fingerprint density at radius 1 is 1.09 bits per heavy atom. The van der Waals surface area contributed by atoms with Crippen molar-refractivity contribution in [2.24, 2.45) is 46.3 Å². The third kappa shape index (κ3) is 3.20. The fourth-order valence-corrected chi connectivity index (χ4v) is 8.88. The lowest BCUT2D eigenvalue weighted by Crippen LogP contribution is -2.52. The molecule has 2 aliphatic heterocycles. The first-order chi connectivity index (χ1) is 15.1. The average Bonchev–Trinajstić information content (AvgIpc) is 3.18. The van der Waals surface area contributed by atoms with Gasteiger partial charge in [0.25, 0.3) is 0 Å². The van der Waals surface area contributed by atoms with Gasteiger partial charge in [0.2, 0.25) is 0 Å². The third-order valence-corrected chi connectivity index (χ3v) is 10.9. The summed E-state index contributed by atoms with van der Waals surface area (Å²) in [6.45, 7) is 9.63. The van der Waals surface area contributed by atoms with Crippen LogP contribution in [-0.4, -0.2) is 41.8 Å². The number of ketones is 1. The lowest BCUT2D eigenvalue weighted by Gasteiger charge is -2.51. The molecule has 5 aliphatic rings. The first kappa shape index (κ1) is 23.0. The number of aliphatic hydroxyl groups is 1. The number of carbonyl (C=O) groups excluding carboxylic acids is 2. The zero-order chi connectivity index (χ0) is 22.9. The van der Waals surface area contributed by atoms with Gasteiger partial charge in [0, 0.05) is 30.1 Å². The van der Waals surface area contributed by atoms with Gasteiger partial charge in [-0.3, -0.25) is 4.79 Å². The summed E-state index contributed by atoms with van der Waals surface area (Å²) >= 11 is 0. The van der Waals surface area contributed by atoms with Crippen LogP contribution in [0.4, 0.5) is 0 Å². The van der Waals surface area contributed by atoms with E-state index < -0.39 is 5.79 Å². The molecule has 32 heavy (non-hydrogen) atoms. The van der Waals surface area contributed by atoms with Gasteiger partial charge in [-0.1, -0.05) is 27.7 Å². The molecule has 0 aromatic rings. The minimum Gasteiger partial charge on any atom is -0.393 e. The van der Waals surface area contributed by atoms with E-state index in [0.717, 1.165) is 64.3 Å². The van der Waals surface area contributed by atoms with E-state index in [9.17, 15) is 14.7 Å². The Hall–Kier alpha value is -0.780. The number of Topliss-reactive ketones (excluding diaryl/α,β-unsaturated/α-hetero) is 1. The summed E-state index contributed by atoms with van der Waals surface area (Å²) in [7, 11) is 0. The highest BCUT2D eigenvalue weighted by Gasteiger charge is 2.67. The van der Waals surface area contributed by atoms with Crippen LogP contribution in [0.3, 0.4) is 0 Å². The molecule has 5 fully saturated rings. The van der Waals surface area contributed by atoms with E-state index in [0.29, 0.717) is 24.0 Å². The van der Waals surface area contributed by atoms with E-state index >= 15 is 0 Å². The molecule has 5 rings (SSSR count). The van der Waals surface area contributed by atoms with Crippen LogP contribution < -0.4 is 0 Å². The second-order valence-corrected chi connectivity index (χ2v) is 12.5. The molecule has 0 bridgehead atoms. The standard InChI is InChI=1S/C27H42O5/c1-16-7-10-27(31-15-16)17(2)23-22(32-27)14-21(26(23,4)11-12-28)20-6-5-18-13-19(29)8-9-25(18,3)24(20)30/h12,16-23,29H,5-11,13-15H2,1-4H3/t16-,17+,18+,19+,20+,21+,22+,23+,25+,26+,27-/m1/s1. The molecule has 0 aromatic heterocycles. The van der Waals surface area contributed by atoms with Crippen LogP contribution >= 0.6 is 0 Å². The van der Waals surface area contributed by atoms with Crippen LogP contribution in [0.25, 0.3) is 0 Å². The number of aldehydes is 1. The summed E-state index contributed by atoms with van der Waals surface area (Å²) in [5.41, 5.74) is -0.558. The van der Waals surface area contributed by atoms with Crippen LogP contribution in [0.2, 0.25) is 0 Å². The largest absolute Gasteiger partial charge is 0.393 e. The number of aliphatic hydroxyl groups excluding tert-OH is 1. The lowest BCUT2D eigenvalue weighted by atomic mass is 9.52. The Morgan fingerprint density at radius 2 is 1.88 bits per heavy atom. The van der Waals surface area contributed by atoms with Gasteiger partial charge in [-0.2, -0.15) is 0 Å². The Balaban J connectivity index is 1.42. The SMILES string of the molecule is C[C@@H]1CC[C@@]2(OC1)O[C@H]1C[C@@H]([C@@H]3CC[C@H]4C[C@@H](O)CC[C@]4(C)C3=O)[C@](C)(CC=O)[C@H]1[C@@H]2C. The van der Waals surface area contributed by atoms with Gasteiger partial charge >= 0.3 is 0 Å². The Labute approximate surface area is 193 Å². The van der Waals surface area contributed by atoms with Crippen molar-refractivity contribution in [3.63, 3.8) is 0 Å². The fraction of sp³-hybridized carbons (Fsp3) is 0.926. The molecule has 3 aliphatic carbocycles. The average molecular weight is 447 g/mol. The molecule has 180 valence electrons. The summed E-state index contributed by atoms with van der Waals surface area (Å²) in [5.74, 6) is 1.40. The monoisotopic (exact) mass is 446 g/mol. The molecule has 11 atom stereocenters. The topological polar surface area (TPSA) is 72.8 Å². The van der Waals surface area contributed by atoms with Crippen LogP contribution in [0.15, 0.2) is 0 Å². The van der Waals surface area contributed by atoms with E-state index in [-0.39, 0.29) is 46.7 Å². The molecule has 0 aromatic carbocycles. The molecule has 2 saturated heterocycles. The molecule has 2 heterocycles. The van der Waals surface area contributed by atoms with Crippen molar-refractivity contribution in [3.8, 4) is 0 Å². The van der Waals surface area contributed by atoms with E-state index in [4.69, 9.17) is 9.47 Å². The molecule has 3 saturated carbocycles. The number of hydrogen-bond donors (Lipinski definition) is 1. The van der Waals surface area contributed by atoms with Gasteiger partial charge in [0.15, 0.2) is 5.79 Å². The molecule has 1 spiro atoms. The number of hydrogen-bond acceptors (Lipinski definition) is 5. The molecular formula is C27H42O5. The van der Waals surface area contributed by atoms with Crippen molar-refractivity contribution >= 4 is 12.1 Å². The van der Waals surface area contributed by atoms with Gasteiger partial charge in [0.05, 0.1) is 18.8 Å². The predicted molar refractivity (Wildman–Crippen MR) is 121 cm³/mol. The van der Waals surface area contributed by atoms with Crippen LogP contribution in [-0.2, 0) is 19.1 Å². The summed E-state index contributed by atoms with van der Waals surface area (Å²) in [6.07, 6.45) is 8.45. The Bertz CT molecular complexity index is 757. The Kier molecular flexibility index (Phi) is 5.66. The third-order valence-electron chi connectivity index (χ3n) is 10.9. The molecular weight excluding hydrogens is 404 g/mol. The van der Waals surface area contributed by atoms with E-state index in [2.05, 4.69) is 27.7 Å². The van der Waals surface area contributed by atoms with Crippen LogP contribution in [0, 0.1) is 46.3 Å². The predicted octanol–water partition coefficient (Wildman–Crippen LogP) is 4.54. The summed E-state index contributed by atoms with van der Waals surface area (Å²) < 4.78 is 13.1.